The topological polar surface area (TPSA) is 114 Å². The van der Waals surface area contributed by atoms with Crippen LogP contribution >= 0.6 is 0 Å². The quantitative estimate of drug-likeness (QED) is 0.592. The van der Waals surface area contributed by atoms with Crippen molar-refractivity contribution in [2.24, 2.45) is 0 Å². The van der Waals surface area contributed by atoms with Gasteiger partial charge in [0.1, 0.15) is 30.2 Å². The highest BCUT2D eigenvalue weighted by atomic mass is 16.6. The van der Waals surface area contributed by atoms with Gasteiger partial charge in [-0.1, -0.05) is 0 Å². The van der Waals surface area contributed by atoms with Crippen molar-refractivity contribution in [1.29, 1.82) is 0 Å². The van der Waals surface area contributed by atoms with Crippen molar-refractivity contribution >= 4 is 11.2 Å². The summed E-state index contributed by atoms with van der Waals surface area (Å²) in [5, 5.41) is 28.6. The lowest BCUT2D eigenvalue weighted by Crippen LogP contribution is -2.33. The first-order chi connectivity index (χ1) is 8.72. The third kappa shape index (κ3) is 1.58. The molecular weight excluding hydrogens is 240 g/mol. The zero-order valence-corrected chi connectivity index (χ0v) is 9.29. The molecule has 0 saturated carbocycles. The van der Waals surface area contributed by atoms with E-state index in [4.69, 9.17) is 9.84 Å². The Morgan fingerprint density at radius 1 is 1.28 bits per heavy atom. The third-order valence-electron chi connectivity index (χ3n) is 3.03. The van der Waals surface area contributed by atoms with E-state index in [-0.39, 0.29) is 6.61 Å². The molecule has 0 aromatic carbocycles. The van der Waals surface area contributed by atoms with Crippen LogP contribution in [0.25, 0.3) is 11.2 Å². The fraction of sp³-hybridized carbons (Fsp3) is 0.500. The van der Waals surface area contributed by atoms with Gasteiger partial charge in [0.2, 0.25) is 0 Å². The number of hydrogen-bond donors (Lipinski definition) is 3. The molecule has 4 atom stereocenters. The average Bonchev–Trinajstić information content (AvgIpc) is 2.93. The molecule has 0 spiro atoms. The highest BCUT2D eigenvalue weighted by Gasteiger charge is 2.43. The van der Waals surface area contributed by atoms with Crippen LogP contribution in [0, 0.1) is 0 Å². The zero-order chi connectivity index (χ0) is 12.7. The van der Waals surface area contributed by atoms with E-state index >= 15 is 0 Å². The highest BCUT2D eigenvalue weighted by molar-refractivity contribution is 5.68. The molecule has 2 aromatic rings. The standard InChI is InChI=1S/C10H12N4O4/c15-2-6-7(16)8(17)10(18-6)14-4-13-5-1-11-3-12-9(5)14/h1,3-4,6-8,10,15-17H,2H2/t6-,7+,8+,10-/m0/s1. The number of imidazole rings is 1. The van der Waals surface area contributed by atoms with E-state index in [0.717, 1.165) is 0 Å². The third-order valence-corrected chi connectivity index (χ3v) is 3.03. The van der Waals surface area contributed by atoms with Crippen LogP contribution in [0.5, 0.6) is 0 Å². The maximum Gasteiger partial charge on any atom is 0.165 e. The smallest absolute Gasteiger partial charge is 0.165 e. The van der Waals surface area contributed by atoms with Crippen molar-refractivity contribution in [1.82, 2.24) is 19.5 Å². The molecule has 8 heteroatoms. The molecular formula is C10H12N4O4. The van der Waals surface area contributed by atoms with Gasteiger partial charge in [0, 0.05) is 0 Å². The van der Waals surface area contributed by atoms with Crippen LogP contribution in [-0.4, -0.2) is 59.8 Å². The second-order valence-corrected chi connectivity index (χ2v) is 4.11. The molecule has 0 amide bonds. The first-order valence-corrected chi connectivity index (χ1v) is 5.47. The highest BCUT2D eigenvalue weighted by Crippen LogP contribution is 2.30. The molecule has 1 saturated heterocycles. The SMILES string of the molecule is OC[C@@H]1O[C@H](n2cnc3cncnc32)[C@H](O)[C@@H]1O. The molecule has 8 nitrogen and oxygen atoms in total. The molecule has 0 aliphatic carbocycles. The van der Waals surface area contributed by atoms with Crippen LogP contribution in [0.1, 0.15) is 6.23 Å². The van der Waals surface area contributed by atoms with Crippen LogP contribution in [0.4, 0.5) is 0 Å². The first kappa shape index (κ1) is 11.5. The number of aliphatic hydroxyl groups is 3. The molecule has 3 N–H and O–H groups in total. The molecule has 1 aliphatic heterocycles. The molecule has 3 heterocycles. The number of rotatable bonds is 2. The number of fused-ring (bicyclic) bond motifs is 1. The van der Waals surface area contributed by atoms with Gasteiger partial charge in [0.15, 0.2) is 11.9 Å². The Morgan fingerprint density at radius 2 is 2.11 bits per heavy atom. The van der Waals surface area contributed by atoms with Crippen molar-refractivity contribution in [3.05, 3.63) is 18.9 Å². The van der Waals surface area contributed by atoms with Crippen LogP contribution in [0.2, 0.25) is 0 Å². The van der Waals surface area contributed by atoms with Crippen molar-refractivity contribution < 1.29 is 20.1 Å². The Hall–Kier alpha value is -1.61. The lowest BCUT2D eigenvalue weighted by molar-refractivity contribution is -0.0511. The van der Waals surface area contributed by atoms with E-state index in [1.54, 1.807) is 6.20 Å². The molecule has 0 radical (unpaired) electrons. The monoisotopic (exact) mass is 252 g/mol. The normalized spacial score (nSPS) is 32.2. The lowest BCUT2D eigenvalue weighted by atomic mass is 10.1. The van der Waals surface area contributed by atoms with Gasteiger partial charge in [-0.15, -0.1) is 0 Å². The van der Waals surface area contributed by atoms with E-state index in [0.29, 0.717) is 11.2 Å². The summed E-state index contributed by atoms with van der Waals surface area (Å²) in [6.45, 7) is -0.365. The number of nitrogens with zero attached hydrogens (tertiary/aromatic N) is 4. The maximum atomic E-state index is 9.91. The molecule has 3 rings (SSSR count). The second-order valence-electron chi connectivity index (χ2n) is 4.11. The van der Waals surface area contributed by atoms with Crippen molar-refractivity contribution in [2.45, 2.75) is 24.5 Å². The maximum absolute atomic E-state index is 9.91. The Labute approximate surface area is 102 Å². The second kappa shape index (κ2) is 4.25. The molecule has 0 bridgehead atoms. The van der Waals surface area contributed by atoms with E-state index in [9.17, 15) is 10.2 Å². The summed E-state index contributed by atoms with van der Waals surface area (Å²) in [5.74, 6) is 0. The largest absolute Gasteiger partial charge is 0.394 e. The van der Waals surface area contributed by atoms with Crippen LogP contribution in [0.15, 0.2) is 18.9 Å². The van der Waals surface area contributed by atoms with E-state index in [1.807, 2.05) is 0 Å². The van der Waals surface area contributed by atoms with Gasteiger partial charge in [0.05, 0.1) is 19.1 Å². The van der Waals surface area contributed by atoms with Crippen molar-refractivity contribution in [3.8, 4) is 0 Å². The van der Waals surface area contributed by atoms with Gasteiger partial charge in [0.25, 0.3) is 0 Å². The molecule has 96 valence electrons. The fourth-order valence-electron chi connectivity index (χ4n) is 2.08. The number of hydrogen-bond acceptors (Lipinski definition) is 7. The summed E-state index contributed by atoms with van der Waals surface area (Å²) in [5.41, 5.74) is 1.06. The van der Waals surface area contributed by atoms with E-state index in [1.165, 1.54) is 17.2 Å². The minimum absolute atomic E-state index is 0.365. The molecule has 0 unspecified atom stereocenters. The minimum Gasteiger partial charge on any atom is -0.394 e. The number of aliphatic hydroxyl groups excluding tert-OH is 3. The summed E-state index contributed by atoms with van der Waals surface area (Å²) < 4.78 is 6.91. The van der Waals surface area contributed by atoms with Gasteiger partial charge < -0.3 is 20.1 Å². The van der Waals surface area contributed by atoms with Crippen LogP contribution < -0.4 is 0 Å². The van der Waals surface area contributed by atoms with Crippen LogP contribution in [-0.2, 0) is 4.74 Å². The Morgan fingerprint density at radius 3 is 2.83 bits per heavy atom. The van der Waals surface area contributed by atoms with Gasteiger partial charge in [-0.3, -0.25) is 4.57 Å². The van der Waals surface area contributed by atoms with Gasteiger partial charge >= 0.3 is 0 Å². The molecule has 1 fully saturated rings. The predicted molar refractivity (Wildman–Crippen MR) is 58.3 cm³/mol. The zero-order valence-electron chi connectivity index (χ0n) is 9.29. The summed E-state index contributed by atoms with van der Waals surface area (Å²) >= 11 is 0. The van der Waals surface area contributed by atoms with Gasteiger partial charge in [-0.25, -0.2) is 15.0 Å². The lowest BCUT2D eigenvalue weighted by Gasteiger charge is -2.16. The minimum atomic E-state index is -1.14. The Balaban J connectivity index is 2.00. The Bertz CT molecular complexity index is 560. The molecule has 1 aliphatic rings. The summed E-state index contributed by atoms with van der Waals surface area (Å²) in [6.07, 6.45) is 0.442. The van der Waals surface area contributed by atoms with Gasteiger partial charge in [-0.05, 0) is 0 Å². The number of aromatic nitrogens is 4. The molecule has 2 aromatic heterocycles. The van der Waals surface area contributed by atoms with E-state index in [2.05, 4.69) is 15.0 Å². The summed E-state index contributed by atoms with van der Waals surface area (Å²) in [4.78, 5) is 12.0. The van der Waals surface area contributed by atoms with E-state index < -0.39 is 24.5 Å². The molecule has 18 heavy (non-hydrogen) atoms. The van der Waals surface area contributed by atoms with Gasteiger partial charge in [-0.2, -0.15) is 0 Å². The average molecular weight is 252 g/mol. The predicted octanol–water partition coefficient (Wildman–Crippen LogP) is -1.56. The van der Waals surface area contributed by atoms with Crippen molar-refractivity contribution in [2.75, 3.05) is 6.61 Å². The number of ether oxygens (including phenoxy) is 1. The van der Waals surface area contributed by atoms with Crippen molar-refractivity contribution in [3.63, 3.8) is 0 Å². The first-order valence-electron chi connectivity index (χ1n) is 5.47. The van der Waals surface area contributed by atoms with Crippen LogP contribution in [0.3, 0.4) is 0 Å². The fourth-order valence-corrected chi connectivity index (χ4v) is 2.08. The summed E-state index contributed by atoms with van der Waals surface area (Å²) in [6, 6.07) is 0. The Kier molecular flexibility index (Phi) is 2.71. The summed E-state index contributed by atoms with van der Waals surface area (Å²) in [7, 11) is 0.